The molecule has 0 radical (unpaired) electrons. The smallest absolute Gasteiger partial charge is 0.215 e. The van der Waals surface area contributed by atoms with Gasteiger partial charge >= 0.3 is 0 Å². The summed E-state index contributed by atoms with van der Waals surface area (Å²) in [5, 5.41) is 11.8. The van der Waals surface area contributed by atoms with Crippen molar-refractivity contribution in [3.63, 3.8) is 0 Å². The van der Waals surface area contributed by atoms with E-state index in [1.807, 2.05) is 13.0 Å². The second kappa shape index (κ2) is 5.85. The minimum atomic E-state index is -3.17. The van der Waals surface area contributed by atoms with Gasteiger partial charge in [-0.2, -0.15) is 5.26 Å². The lowest BCUT2D eigenvalue weighted by atomic mass is 10.1. The highest BCUT2D eigenvalue weighted by Crippen LogP contribution is 2.14. The first-order valence-corrected chi connectivity index (χ1v) is 7.12. The molecule has 18 heavy (non-hydrogen) atoms. The van der Waals surface area contributed by atoms with Crippen molar-refractivity contribution in [1.29, 1.82) is 5.26 Å². The van der Waals surface area contributed by atoms with Gasteiger partial charge in [0.25, 0.3) is 0 Å². The van der Waals surface area contributed by atoms with Crippen molar-refractivity contribution >= 4 is 15.7 Å². The molecule has 1 N–H and O–H groups in total. The van der Waals surface area contributed by atoms with E-state index in [4.69, 9.17) is 5.26 Å². The lowest BCUT2D eigenvalue weighted by molar-refractivity contribution is 0.521. The average molecular weight is 267 g/mol. The van der Waals surface area contributed by atoms with E-state index in [9.17, 15) is 8.42 Å². The van der Waals surface area contributed by atoms with Crippen LogP contribution in [0.2, 0.25) is 0 Å². The van der Waals surface area contributed by atoms with Crippen LogP contribution >= 0.6 is 0 Å². The molecular formula is C12H17N3O2S. The molecule has 1 aromatic rings. The third-order valence-electron chi connectivity index (χ3n) is 2.59. The Morgan fingerprint density at radius 2 is 2.06 bits per heavy atom. The summed E-state index contributed by atoms with van der Waals surface area (Å²) in [7, 11) is -0.143. The van der Waals surface area contributed by atoms with Crippen molar-refractivity contribution in [2.45, 2.75) is 6.92 Å². The van der Waals surface area contributed by atoms with Crippen molar-refractivity contribution in [2.24, 2.45) is 0 Å². The minimum absolute atomic E-state index is 0.0407. The third-order valence-corrected chi connectivity index (χ3v) is 4.43. The van der Waals surface area contributed by atoms with E-state index in [-0.39, 0.29) is 5.75 Å². The molecule has 0 aliphatic rings. The number of hydrogen-bond acceptors (Lipinski definition) is 4. The van der Waals surface area contributed by atoms with Gasteiger partial charge in [-0.3, -0.25) is 0 Å². The first kappa shape index (κ1) is 14.5. The fourth-order valence-electron chi connectivity index (χ4n) is 1.41. The summed E-state index contributed by atoms with van der Waals surface area (Å²) in [5.74, 6) is 0.0407. The molecule has 6 heteroatoms. The van der Waals surface area contributed by atoms with E-state index in [1.54, 1.807) is 12.1 Å². The van der Waals surface area contributed by atoms with Crippen molar-refractivity contribution in [1.82, 2.24) is 4.31 Å². The average Bonchev–Trinajstić information content (AvgIpc) is 2.29. The normalized spacial score (nSPS) is 11.3. The molecule has 1 aromatic carbocycles. The summed E-state index contributed by atoms with van der Waals surface area (Å²) >= 11 is 0. The Bertz CT molecular complexity index is 559. The minimum Gasteiger partial charge on any atom is -0.384 e. The molecule has 0 amide bonds. The van der Waals surface area contributed by atoms with Gasteiger partial charge in [-0.1, -0.05) is 0 Å². The Balaban J connectivity index is 2.61. The molecule has 98 valence electrons. The van der Waals surface area contributed by atoms with Crippen molar-refractivity contribution in [2.75, 3.05) is 31.7 Å². The molecule has 0 fully saturated rings. The maximum atomic E-state index is 11.5. The number of nitrogens with one attached hydrogen (secondary N) is 1. The van der Waals surface area contributed by atoms with Crippen LogP contribution in [0.4, 0.5) is 5.69 Å². The van der Waals surface area contributed by atoms with E-state index >= 15 is 0 Å². The molecule has 0 bridgehead atoms. The van der Waals surface area contributed by atoms with E-state index in [0.29, 0.717) is 12.1 Å². The van der Waals surface area contributed by atoms with Gasteiger partial charge in [0.2, 0.25) is 10.0 Å². The Morgan fingerprint density at radius 1 is 1.39 bits per heavy atom. The fourth-order valence-corrected chi connectivity index (χ4v) is 2.13. The second-order valence-corrected chi connectivity index (χ2v) is 6.47. The molecule has 0 aliphatic heterocycles. The van der Waals surface area contributed by atoms with Crippen LogP contribution in [0.15, 0.2) is 18.2 Å². The molecule has 0 saturated heterocycles. The predicted octanol–water partition coefficient (Wildman–Crippen LogP) is 1.17. The van der Waals surface area contributed by atoms with Crippen molar-refractivity contribution in [3.8, 4) is 6.07 Å². The fraction of sp³-hybridized carbons (Fsp3) is 0.417. The molecular weight excluding hydrogens is 250 g/mol. The Kier molecular flexibility index (Phi) is 4.70. The summed E-state index contributed by atoms with van der Waals surface area (Å²) < 4.78 is 24.3. The lowest BCUT2D eigenvalue weighted by Gasteiger charge is -2.12. The number of sulfonamides is 1. The number of rotatable bonds is 5. The van der Waals surface area contributed by atoms with Crippen LogP contribution in [-0.4, -0.2) is 39.1 Å². The van der Waals surface area contributed by atoms with Gasteiger partial charge in [0.1, 0.15) is 0 Å². The standard InChI is InChI=1S/C12H17N3O2S/c1-10-8-12(5-4-11(10)9-13)14-6-7-18(16,17)15(2)3/h4-5,8,14H,6-7H2,1-3H3. The zero-order valence-corrected chi connectivity index (χ0v) is 11.6. The van der Waals surface area contributed by atoms with Gasteiger partial charge < -0.3 is 5.32 Å². The number of hydrogen-bond donors (Lipinski definition) is 1. The molecule has 0 aromatic heterocycles. The van der Waals surface area contributed by atoms with E-state index in [0.717, 1.165) is 11.3 Å². The predicted molar refractivity (Wildman–Crippen MR) is 71.9 cm³/mol. The van der Waals surface area contributed by atoms with Crippen LogP contribution in [0.3, 0.4) is 0 Å². The largest absolute Gasteiger partial charge is 0.384 e. The molecule has 0 atom stereocenters. The van der Waals surface area contributed by atoms with Crippen LogP contribution in [0.1, 0.15) is 11.1 Å². The zero-order valence-electron chi connectivity index (χ0n) is 10.8. The summed E-state index contributed by atoms with van der Waals surface area (Å²) in [6.45, 7) is 2.19. The highest BCUT2D eigenvalue weighted by atomic mass is 32.2. The summed E-state index contributed by atoms with van der Waals surface area (Å²) in [4.78, 5) is 0. The second-order valence-electron chi connectivity index (χ2n) is 4.17. The van der Waals surface area contributed by atoms with Crippen LogP contribution < -0.4 is 5.32 Å². The molecule has 0 aliphatic carbocycles. The van der Waals surface area contributed by atoms with Gasteiger partial charge in [0.05, 0.1) is 17.4 Å². The summed E-state index contributed by atoms with van der Waals surface area (Å²) in [6, 6.07) is 7.41. The van der Waals surface area contributed by atoms with Gasteiger partial charge in [-0.05, 0) is 30.7 Å². The summed E-state index contributed by atoms with van der Waals surface area (Å²) in [6.07, 6.45) is 0. The molecule has 1 rings (SSSR count). The van der Waals surface area contributed by atoms with Gasteiger partial charge in [-0.15, -0.1) is 0 Å². The van der Waals surface area contributed by atoms with Gasteiger partial charge in [0.15, 0.2) is 0 Å². The quantitative estimate of drug-likeness (QED) is 0.869. The molecule has 0 heterocycles. The maximum Gasteiger partial charge on any atom is 0.215 e. The molecule has 0 unspecified atom stereocenters. The maximum absolute atomic E-state index is 11.5. The summed E-state index contributed by atoms with van der Waals surface area (Å²) in [5.41, 5.74) is 2.32. The monoisotopic (exact) mass is 267 g/mol. The Morgan fingerprint density at radius 3 is 2.56 bits per heavy atom. The SMILES string of the molecule is Cc1cc(NCCS(=O)(=O)N(C)C)ccc1C#N. The molecule has 0 spiro atoms. The third kappa shape index (κ3) is 3.72. The van der Waals surface area contributed by atoms with E-state index in [1.165, 1.54) is 18.4 Å². The highest BCUT2D eigenvalue weighted by molar-refractivity contribution is 7.89. The lowest BCUT2D eigenvalue weighted by Crippen LogP contribution is -2.28. The van der Waals surface area contributed by atoms with Gasteiger partial charge in [0, 0.05) is 26.3 Å². The molecule has 5 nitrogen and oxygen atoms in total. The van der Waals surface area contributed by atoms with Crippen molar-refractivity contribution in [3.05, 3.63) is 29.3 Å². The molecule has 0 saturated carbocycles. The van der Waals surface area contributed by atoms with E-state index in [2.05, 4.69) is 11.4 Å². The Labute approximate surface area is 108 Å². The first-order chi connectivity index (χ1) is 8.36. The number of nitriles is 1. The van der Waals surface area contributed by atoms with Crippen LogP contribution in [0, 0.1) is 18.3 Å². The highest BCUT2D eigenvalue weighted by Gasteiger charge is 2.12. The number of nitrogens with zero attached hydrogens (tertiary/aromatic N) is 2. The zero-order chi connectivity index (χ0) is 13.8. The van der Waals surface area contributed by atoms with Crippen LogP contribution in [-0.2, 0) is 10.0 Å². The van der Waals surface area contributed by atoms with E-state index < -0.39 is 10.0 Å². The number of benzene rings is 1. The van der Waals surface area contributed by atoms with Crippen LogP contribution in [0.5, 0.6) is 0 Å². The van der Waals surface area contributed by atoms with Crippen LogP contribution in [0.25, 0.3) is 0 Å². The van der Waals surface area contributed by atoms with Crippen molar-refractivity contribution < 1.29 is 8.42 Å². The topological polar surface area (TPSA) is 73.2 Å². The number of anilines is 1. The number of aryl methyl sites for hydroxylation is 1. The first-order valence-electron chi connectivity index (χ1n) is 5.51. The Hall–Kier alpha value is -1.58. The van der Waals surface area contributed by atoms with Gasteiger partial charge in [-0.25, -0.2) is 12.7 Å².